The summed E-state index contributed by atoms with van der Waals surface area (Å²) in [6, 6.07) is 5.67. The van der Waals surface area contributed by atoms with E-state index in [1.807, 2.05) is 19.1 Å². The summed E-state index contributed by atoms with van der Waals surface area (Å²) in [6.45, 7) is 2.87. The van der Waals surface area contributed by atoms with Crippen molar-refractivity contribution in [3.05, 3.63) is 33.8 Å². The molecule has 0 amide bonds. The Hall–Kier alpha value is -0.280. The van der Waals surface area contributed by atoms with Gasteiger partial charge in [0.25, 0.3) is 0 Å². The van der Waals surface area contributed by atoms with Crippen molar-refractivity contribution in [2.45, 2.75) is 25.9 Å². The average Bonchev–Trinajstić information content (AvgIpc) is 2.24. The van der Waals surface area contributed by atoms with Gasteiger partial charge >= 0.3 is 0 Å². The third-order valence-electron chi connectivity index (χ3n) is 2.29. The maximum absolute atomic E-state index is 8.99. The molecule has 1 rings (SSSR count). The van der Waals surface area contributed by atoms with E-state index in [-0.39, 0.29) is 12.6 Å². The molecule has 0 spiro atoms. The van der Waals surface area contributed by atoms with E-state index in [0.29, 0.717) is 16.6 Å². The molecule has 0 aliphatic rings. The van der Waals surface area contributed by atoms with Crippen LogP contribution < -0.4 is 5.32 Å². The first kappa shape index (κ1) is 12.8. The van der Waals surface area contributed by atoms with E-state index < -0.39 is 0 Å². The van der Waals surface area contributed by atoms with Crippen molar-refractivity contribution in [2.75, 3.05) is 6.61 Å². The molecule has 15 heavy (non-hydrogen) atoms. The second-order valence-electron chi connectivity index (χ2n) is 3.42. The van der Waals surface area contributed by atoms with Gasteiger partial charge in [0.1, 0.15) is 0 Å². The van der Waals surface area contributed by atoms with Gasteiger partial charge in [0.2, 0.25) is 0 Å². The minimum Gasteiger partial charge on any atom is -0.395 e. The summed E-state index contributed by atoms with van der Waals surface area (Å²) >= 11 is 11.7. The molecule has 0 fully saturated rings. The summed E-state index contributed by atoms with van der Waals surface area (Å²) in [5, 5.41) is 13.4. The molecule has 84 valence electrons. The number of aliphatic hydroxyl groups excluding tert-OH is 1. The highest BCUT2D eigenvalue weighted by Gasteiger charge is 2.04. The standard InChI is InChI=1S/C11H15Cl2NO/c1-2-9(7-15)14-6-8-3-4-10(12)11(13)5-8/h3-5,9,14-15H,2,6-7H2,1H3/t9-/m1/s1. The topological polar surface area (TPSA) is 32.3 Å². The van der Waals surface area contributed by atoms with Gasteiger partial charge in [0.05, 0.1) is 16.7 Å². The lowest BCUT2D eigenvalue weighted by atomic mass is 10.2. The van der Waals surface area contributed by atoms with Crippen LogP contribution in [0.5, 0.6) is 0 Å². The Bertz CT molecular complexity index is 313. The Balaban J connectivity index is 2.54. The van der Waals surface area contributed by atoms with Gasteiger partial charge in [-0.25, -0.2) is 0 Å². The van der Waals surface area contributed by atoms with E-state index in [0.717, 1.165) is 12.0 Å². The zero-order valence-corrected chi connectivity index (χ0v) is 10.1. The van der Waals surface area contributed by atoms with E-state index in [1.165, 1.54) is 0 Å². The minimum absolute atomic E-state index is 0.138. The highest BCUT2D eigenvalue weighted by atomic mass is 35.5. The van der Waals surface area contributed by atoms with Gasteiger partial charge in [-0.1, -0.05) is 36.2 Å². The van der Waals surface area contributed by atoms with Gasteiger partial charge < -0.3 is 10.4 Å². The monoisotopic (exact) mass is 247 g/mol. The quantitative estimate of drug-likeness (QED) is 0.839. The highest BCUT2D eigenvalue weighted by Crippen LogP contribution is 2.22. The van der Waals surface area contributed by atoms with Gasteiger partial charge in [-0.05, 0) is 24.1 Å². The van der Waals surface area contributed by atoms with Gasteiger partial charge in [-0.2, -0.15) is 0 Å². The van der Waals surface area contributed by atoms with E-state index in [1.54, 1.807) is 6.07 Å². The molecule has 0 aromatic heterocycles. The number of hydrogen-bond donors (Lipinski definition) is 2. The van der Waals surface area contributed by atoms with E-state index in [2.05, 4.69) is 5.32 Å². The van der Waals surface area contributed by atoms with Gasteiger partial charge in [0.15, 0.2) is 0 Å². The lowest BCUT2D eigenvalue weighted by molar-refractivity contribution is 0.238. The minimum atomic E-state index is 0.138. The molecule has 1 aromatic carbocycles. The summed E-state index contributed by atoms with van der Waals surface area (Å²) in [5.41, 5.74) is 1.07. The van der Waals surface area contributed by atoms with Crippen molar-refractivity contribution in [3.8, 4) is 0 Å². The Labute approximate surface area is 100 Å². The van der Waals surface area contributed by atoms with Crippen molar-refractivity contribution >= 4 is 23.2 Å². The summed E-state index contributed by atoms with van der Waals surface area (Å²) in [6.07, 6.45) is 0.901. The average molecular weight is 248 g/mol. The van der Waals surface area contributed by atoms with Crippen LogP contribution >= 0.6 is 23.2 Å². The molecule has 1 atom stereocenters. The van der Waals surface area contributed by atoms with Crippen LogP contribution in [0.1, 0.15) is 18.9 Å². The fourth-order valence-corrected chi connectivity index (χ4v) is 1.57. The summed E-state index contributed by atoms with van der Waals surface area (Å²) in [5.74, 6) is 0. The van der Waals surface area contributed by atoms with Crippen molar-refractivity contribution < 1.29 is 5.11 Å². The smallest absolute Gasteiger partial charge is 0.0595 e. The van der Waals surface area contributed by atoms with E-state index in [4.69, 9.17) is 28.3 Å². The molecule has 2 nitrogen and oxygen atoms in total. The molecule has 4 heteroatoms. The van der Waals surface area contributed by atoms with Crippen LogP contribution in [0.2, 0.25) is 10.0 Å². The van der Waals surface area contributed by atoms with Crippen molar-refractivity contribution in [3.63, 3.8) is 0 Å². The maximum atomic E-state index is 8.99. The van der Waals surface area contributed by atoms with Crippen LogP contribution in [0.4, 0.5) is 0 Å². The molecular formula is C11H15Cl2NO. The van der Waals surface area contributed by atoms with E-state index >= 15 is 0 Å². The molecule has 0 heterocycles. The predicted molar refractivity (Wildman–Crippen MR) is 64.5 cm³/mol. The molecule has 0 unspecified atom stereocenters. The van der Waals surface area contributed by atoms with Crippen molar-refractivity contribution in [1.82, 2.24) is 5.32 Å². The van der Waals surface area contributed by atoms with Crippen molar-refractivity contribution in [1.29, 1.82) is 0 Å². The second kappa shape index (κ2) is 6.33. The maximum Gasteiger partial charge on any atom is 0.0595 e. The largest absolute Gasteiger partial charge is 0.395 e. The highest BCUT2D eigenvalue weighted by molar-refractivity contribution is 6.42. The zero-order valence-electron chi connectivity index (χ0n) is 8.63. The van der Waals surface area contributed by atoms with Crippen LogP contribution in [0.3, 0.4) is 0 Å². The van der Waals surface area contributed by atoms with Crippen molar-refractivity contribution in [2.24, 2.45) is 0 Å². The Morgan fingerprint density at radius 1 is 1.33 bits per heavy atom. The number of benzene rings is 1. The number of hydrogen-bond acceptors (Lipinski definition) is 2. The molecular weight excluding hydrogens is 233 g/mol. The molecule has 2 N–H and O–H groups in total. The van der Waals surface area contributed by atoms with E-state index in [9.17, 15) is 0 Å². The number of aliphatic hydroxyl groups is 1. The van der Waals surface area contributed by atoms with Gasteiger partial charge in [0, 0.05) is 12.6 Å². The fraction of sp³-hybridized carbons (Fsp3) is 0.455. The Morgan fingerprint density at radius 2 is 2.07 bits per heavy atom. The van der Waals surface area contributed by atoms with Crippen LogP contribution in [-0.4, -0.2) is 17.8 Å². The molecule has 0 aliphatic carbocycles. The fourth-order valence-electron chi connectivity index (χ4n) is 1.25. The third kappa shape index (κ3) is 3.99. The molecule has 0 radical (unpaired) electrons. The first-order chi connectivity index (χ1) is 7.17. The SMILES string of the molecule is CC[C@H](CO)NCc1ccc(Cl)c(Cl)c1. The van der Waals surface area contributed by atoms with Crippen LogP contribution in [0.25, 0.3) is 0 Å². The molecule has 0 saturated heterocycles. The predicted octanol–water partition coefficient (Wildman–Crippen LogP) is 2.85. The van der Waals surface area contributed by atoms with Crippen LogP contribution in [0, 0.1) is 0 Å². The number of rotatable bonds is 5. The summed E-state index contributed by atoms with van der Waals surface area (Å²) in [7, 11) is 0. The normalized spacial score (nSPS) is 12.8. The first-order valence-electron chi connectivity index (χ1n) is 4.95. The third-order valence-corrected chi connectivity index (χ3v) is 3.03. The Morgan fingerprint density at radius 3 is 2.60 bits per heavy atom. The second-order valence-corrected chi connectivity index (χ2v) is 4.23. The zero-order chi connectivity index (χ0) is 11.3. The summed E-state index contributed by atoms with van der Waals surface area (Å²) in [4.78, 5) is 0. The van der Waals surface area contributed by atoms with Crippen LogP contribution in [0.15, 0.2) is 18.2 Å². The number of halogens is 2. The molecule has 1 aromatic rings. The lowest BCUT2D eigenvalue weighted by Crippen LogP contribution is -2.31. The van der Waals surface area contributed by atoms with Gasteiger partial charge in [-0.15, -0.1) is 0 Å². The summed E-state index contributed by atoms with van der Waals surface area (Å²) < 4.78 is 0. The Kier molecular flexibility index (Phi) is 5.40. The molecule has 0 bridgehead atoms. The van der Waals surface area contributed by atoms with Crippen LogP contribution in [-0.2, 0) is 6.54 Å². The number of nitrogens with one attached hydrogen (secondary N) is 1. The van der Waals surface area contributed by atoms with Gasteiger partial charge in [-0.3, -0.25) is 0 Å². The first-order valence-corrected chi connectivity index (χ1v) is 5.71. The lowest BCUT2D eigenvalue weighted by Gasteiger charge is -2.14. The molecule has 0 aliphatic heterocycles. The molecule has 0 saturated carbocycles.